The summed E-state index contributed by atoms with van der Waals surface area (Å²) in [5.74, 6) is 0. The van der Waals surface area contributed by atoms with E-state index < -0.39 is 0 Å². The molecule has 1 rings (SSSR count). The van der Waals surface area contributed by atoms with Gasteiger partial charge in [-0.05, 0) is 18.6 Å². The molecule has 0 aromatic carbocycles. The quantitative estimate of drug-likeness (QED) is 0.531. The van der Waals surface area contributed by atoms with Crippen molar-refractivity contribution in [1.82, 2.24) is 4.57 Å². The van der Waals surface area contributed by atoms with Gasteiger partial charge in [-0.25, -0.2) is 0 Å². The highest BCUT2D eigenvalue weighted by molar-refractivity contribution is 5.05. The number of aromatic nitrogens is 1. The fourth-order valence-corrected chi connectivity index (χ4v) is 0.928. The maximum atomic E-state index is 2.08. The lowest BCUT2D eigenvalue weighted by Crippen LogP contribution is -1.83. The molecule has 0 atom stereocenters. The second-order valence-corrected chi connectivity index (χ2v) is 2.62. The molecule has 1 nitrogen and oxygen atoms in total. The van der Waals surface area contributed by atoms with Gasteiger partial charge in [-0.2, -0.15) is 0 Å². The van der Waals surface area contributed by atoms with Crippen LogP contribution in [0.3, 0.4) is 0 Å². The average Bonchev–Trinajstić information content (AvgIpc) is 2.02. The van der Waals surface area contributed by atoms with E-state index in [9.17, 15) is 0 Å². The van der Waals surface area contributed by atoms with E-state index in [1.54, 1.807) is 0 Å². The Labute approximate surface area is 67.6 Å². The highest BCUT2D eigenvalue weighted by Gasteiger charge is 1.75. The molecule has 1 aromatic rings. The first-order valence-electron chi connectivity index (χ1n) is 3.71. The van der Waals surface area contributed by atoms with Gasteiger partial charge >= 0.3 is 0 Å². The van der Waals surface area contributed by atoms with E-state index in [4.69, 9.17) is 0 Å². The highest BCUT2D eigenvalue weighted by atomic mass is 14.9. The number of aryl methyl sites for hydroxylation is 2. The van der Waals surface area contributed by atoms with E-state index in [1.165, 1.54) is 5.56 Å². The average molecular weight is 147 g/mol. The maximum absolute atomic E-state index is 2.08. The molecule has 0 fully saturated rings. The van der Waals surface area contributed by atoms with Gasteiger partial charge in [0.1, 0.15) is 0 Å². The minimum atomic E-state index is 1.25. The first kappa shape index (κ1) is 7.86. The topological polar surface area (TPSA) is 4.93 Å². The standard InChI is InChI=1S/C10H13N/c1-10-7-5-3-4-6-8-11(2)9-10/h3-9H,1-2H3. The highest BCUT2D eigenvalue weighted by Crippen LogP contribution is 1.90. The summed E-state index contributed by atoms with van der Waals surface area (Å²) in [4.78, 5) is 0. The predicted molar refractivity (Wildman–Crippen MR) is 47.8 cm³/mol. The van der Waals surface area contributed by atoms with Crippen LogP contribution in [0.25, 0.3) is 0 Å². The zero-order valence-corrected chi connectivity index (χ0v) is 6.99. The van der Waals surface area contributed by atoms with E-state index >= 15 is 0 Å². The molecule has 11 heavy (non-hydrogen) atoms. The Morgan fingerprint density at radius 3 is 2.64 bits per heavy atom. The Morgan fingerprint density at radius 1 is 1.09 bits per heavy atom. The molecule has 0 aliphatic carbocycles. The number of hydrogen-bond donors (Lipinski definition) is 0. The second kappa shape index (κ2) is 3.81. The van der Waals surface area contributed by atoms with Crippen molar-refractivity contribution in [3.8, 4) is 0 Å². The number of nitrogens with zero attached hydrogens (tertiary/aromatic N) is 1. The lowest BCUT2D eigenvalue weighted by molar-refractivity contribution is 0.903. The first-order valence-corrected chi connectivity index (χ1v) is 3.71. The van der Waals surface area contributed by atoms with Gasteiger partial charge < -0.3 is 4.57 Å². The monoisotopic (exact) mass is 147 g/mol. The number of rotatable bonds is 0. The van der Waals surface area contributed by atoms with Gasteiger partial charge in [-0.15, -0.1) is 0 Å². The molecule has 1 aromatic heterocycles. The third-order valence-corrected chi connectivity index (χ3v) is 1.42. The van der Waals surface area contributed by atoms with Crippen molar-refractivity contribution in [3.63, 3.8) is 0 Å². The molecule has 0 aliphatic rings. The van der Waals surface area contributed by atoms with E-state index in [-0.39, 0.29) is 0 Å². The summed E-state index contributed by atoms with van der Waals surface area (Å²) in [6, 6.07) is 10.2. The predicted octanol–water partition coefficient (Wildman–Crippen LogP) is 2.46. The Bertz CT molecular complexity index is 245. The lowest BCUT2D eigenvalue weighted by Gasteiger charge is -1.91. The molecule has 58 valence electrons. The normalized spacial score (nSPS) is 8.91. The minimum Gasteiger partial charge on any atom is -0.357 e. The third kappa shape index (κ3) is 2.89. The van der Waals surface area contributed by atoms with Gasteiger partial charge in [0.05, 0.1) is 0 Å². The van der Waals surface area contributed by atoms with Gasteiger partial charge in [-0.3, -0.25) is 0 Å². The molecule has 0 bridgehead atoms. The van der Waals surface area contributed by atoms with Crippen LogP contribution in [-0.4, -0.2) is 4.57 Å². The molecular formula is C10H13N. The van der Waals surface area contributed by atoms with Gasteiger partial charge in [0.15, 0.2) is 0 Å². The van der Waals surface area contributed by atoms with Crippen LogP contribution in [-0.2, 0) is 7.05 Å². The van der Waals surface area contributed by atoms with Crippen molar-refractivity contribution in [3.05, 3.63) is 48.3 Å². The fourth-order valence-electron chi connectivity index (χ4n) is 0.928. The Kier molecular flexibility index (Phi) is 2.73. The van der Waals surface area contributed by atoms with Gasteiger partial charge in [0.2, 0.25) is 0 Å². The molecule has 0 N–H and O–H groups in total. The summed E-state index contributed by atoms with van der Waals surface area (Å²) in [5, 5.41) is 0. The minimum absolute atomic E-state index is 1.25. The molecule has 1 heteroatoms. The zero-order chi connectivity index (χ0) is 8.10. The Morgan fingerprint density at radius 2 is 1.82 bits per heavy atom. The van der Waals surface area contributed by atoms with Crippen LogP contribution in [0.4, 0.5) is 0 Å². The van der Waals surface area contributed by atoms with Crippen LogP contribution in [0.1, 0.15) is 5.56 Å². The van der Waals surface area contributed by atoms with Crippen molar-refractivity contribution < 1.29 is 0 Å². The van der Waals surface area contributed by atoms with Crippen LogP contribution in [0.5, 0.6) is 0 Å². The SMILES string of the molecule is Cc1ccccccn(C)c1. The van der Waals surface area contributed by atoms with E-state index in [0.717, 1.165) is 0 Å². The lowest BCUT2D eigenvalue weighted by atomic mass is 10.3. The van der Waals surface area contributed by atoms with Crippen LogP contribution in [0, 0.1) is 6.92 Å². The van der Waals surface area contributed by atoms with Crippen molar-refractivity contribution in [1.29, 1.82) is 0 Å². The third-order valence-electron chi connectivity index (χ3n) is 1.42. The summed E-state index contributed by atoms with van der Waals surface area (Å²) in [5.41, 5.74) is 1.25. The summed E-state index contributed by atoms with van der Waals surface area (Å²) < 4.78 is 2.04. The van der Waals surface area contributed by atoms with Gasteiger partial charge in [-0.1, -0.05) is 24.3 Å². The summed E-state index contributed by atoms with van der Waals surface area (Å²) in [6.45, 7) is 2.08. The van der Waals surface area contributed by atoms with Crippen LogP contribution in [0.15, 0.2) is 42.7 Å². The number of hydrogen-bond acceptors (Lipinski definition) is 0. The molecule has 0 saturated carbocycles. The van der Waals surface area contributed by atoms with Gasteiger partial charge in [0, 0.05) is 19.4 Å². The van der Waals surface area contributed by atoms with Crippen molar-refractivity contribution in [2.24, 2.45) is 7.05 Å². The fraction of sp³-hybridized carbons (Fsp3) is 0.200. The van der Waals surface area contributed by atoms with Crippen LogP contribution < -0.4 is 0 Å². The maximum Gasteiger partial charge on any atom is 0.0106 e. The zero-order valence-electron chi connectivity index (χ0n) is 6.99. The molecule has 0 saturated heterocycles. The van der Waals surface area contributed by atoms with Crippen molar-refractivity contribution in [2.75, 3.05) is 0 Å². The van der Waals surface area contributed by atoms with Crippen LogP contribution >= 0.6 is 0 Å². The summed E-state index contributed by atoms with van der Waals surface area (Å²) >= 11 is 0. The van der Waals surface area contributed by atoms with E-state index in [2.05, 4.69) is 19.2 Å². The largest absolute Gasteiger partial charge is 0.357 e. The molecule has 0 spiro atoms. The van der Waals surface area contributed by atoms with Gasteiger partial charge in [0.25, 0.3) is 0 Å². The molecule has 0 aliphatic heterocycles. The summed E-state index contributed by atoms with van der Waals surface area (Å²) in [7, 11) is 2.02. The van der Waals surface area contributed by atoms with Crippen molar-refractivity contribution >= 4 is 0 Å². The Balaban J connectivity index is 3.25. The van der Waals surface area contributed by atoms with E-state index in [1.807, 2.05) is 42.1 Å². The van der Waals surface area contributed by atoms with Crippen LogP contribution in [0.2, 0.25) is 0 Å². The molecule has 1 heterocycles. The molecule has 0 unspecified atom stereocenters. The van der Waals surface area contributed by atoms with Crippen molar-refractivity contribution in [2.45, 2.75) is 6.92 Å². The molecular weight excluding hydrogens is 134 g/mol. The second-order valence-electron chi connectivity index (χ2n) is 2.62. The van der Waals surface area contributed by atoms with E-state index in [0.29, 0.717) is 0 Å². The summed E-state index contributed by atoms with van der Waals surface area (Å²) in [6.07, 6.45) is 4.10. The smallest absolute Gasteiger partial charge is 0.0106 e. The first-order chi connectivity index (χ1) is 5.29. The molecule has 0 radical (unpaired) electrons. The molecule has 0 amide bonds. The Hall–Kier alpha value is -1.24.